The van der Waals surface area contributed by atoms with Gasteiger partial charge in [0.25, 0.3) is 5.91 Å². The van der Waals surface area contributed by atoms with Gasteiger partial charge in [-0.25, -0.2) is 9.97 Å². The van der Waals surface area contributed by atoms with Gasteiger partial charge >= 0.3 is 0 Å². The number of nitrogens with one attached hydrogen (secondary N) is 2. The fourth-order valence-electron chi connectivity index (χ4n) is 3.24. The topological polar surface area (TPSA) is 76.1 Å². The second-order valence-corrected chi connectivity index (χ2v) is 6.81. The SMILES string of the molecule is O=C(NCC1CCOc2ccccc2C1)c1cnc(Nc2ccccc2)nc1. The van der Waals surface area contributed by atoms with Crippen LogP contribution < -0.4 is 15.4 Å². The Balaban J connectivity index is 1.32. The van der Waals surface area contributed by atoms with E-state index < -0.39 is 0 Å². The van der Waals surface area contributed by atoms with Crippen LogP contribution in [-0.2, 0) is 6.42 Å². The zero-order chi connectivity index (χ0) is 19.2. The summed E-state index contributed by atoms with van der Waals surface area (Å²) < 4.78 is 5.79. The molecule has 6 nitrogen and oxygen atoms in total. The van der Waals surface area contributed by atoms with Gasteiger partial charge < -0.3 is 15.4 Å². The Bertz CT molecular complexity index is 929. The Labute approximate surface area is 164 Å². The number of anilines is 2. The lowest BCUT2D eigenvalue weighted by Gasteiger charge is -2.14. The third-order valence-corrected chi connectivity index (χ3v) is 4.76. The molecule has 4 rings (SSSR count). The quantitative estimate of drug-likeness (QED) is 0.714. The van der Waals surface area contributed by atoms with E-state index in [4.69, 9.17) is 4.74 Å². The van der Waals surface area contributed by atoms with Crippen LogP contribution in [0.2, 0.25) is 0 Å². The van der Waals surface area contributed by atoms with Gasteiger partial charge in [0.1, 0.15) is 5.75 Å². The lowest BCUT2D eigenvalue weighted by Crippen LogP contribution is -2.30. The predicted octanol–water partition coefficient (Wildman–Crippen LogP) is 3.59. The van der Waals surface area contributed by atoms with Crippen LogP contribution >= 0.6 is 0 Å². The van der Waals surface area contributed by atoms with E-state index in [0.717, 1.165) is 24.3 Å². The first-order valence-corrected chi connectivity index (χ1v) is 9.41. The summed E-state index contributed by atoms with van der Waals surface area (Å²) >= 11 is 0. The van der Waals surface area contributed by atoms with Gasteiger partial charge in [-0.2, -0.15) is 0 Å². The minimum atomic E-state index is -0.162. The molecule has 1 unspecified atom stereocenters. The number of carbonyl (C=O) groups excluding carboxylic acids is 1. The van der Waals surface area contributed by atoms with Crippen LogP contribution in [0.4, 0.5) is 11.6 Å². The minimum absolute atomic E-state index is 0.162. The number of rotatable bonds is 5. The maximum Gasteiger partial charge on any atom is 0.254 e. The van der Waals surface area contributed by atoms with Crippen LogP contribution in [-0.4, -0.2) is 29.0 Å². The van der Waals surface area contributed by atoms with Crippen molar-refractivity contribution in [3.8, 4) is 5.75 Å². The van der Waals surface area contributed by atoms with Crippen LogP contribution in [0.25, 0.3) is 0 Å². The molecule has 0 spiro atoms. The van der Waals surface area contributed by atoms with E-state index in [1.54, 1.807) is 12.4 Å². The Morgan fingerprint density at radius 2 is 1.79 bits per heavy atom. The first-order valence-electron chi connectivity index (χ1n) is 9.41. The van der Waals surface area contributed by atoms with E-state index in [2.05, 4.69) is 26.7 Å². The molecule has 0 bridgehead atoms. The van der Waals surface area contributed by atoms with Crippen LogP contribution in [0.5, 0.6) is 5.75 Å². The van der Waals surface area contributed by atoms with Crippen molar-refractivity contribution in [3.63, 3.8) is 0 Å². The number of carbonyl (C=O) groups is 1. The van der Waals surface area contributed by atoms with Crippen LogP contribution in [0, 0.1) is 5.92 Å². The summed E-state index contributed by atoms with van der Waals surface area (Å²) in [6, 6.07) is 17.8. The molecule has 0 saturated carbocycles. The molecule has 1 aromatic heterocycles. The van der Waals surface area contributed by atoms with Gasteiger partial charge in [-0.15, -0.1) is 0 Å². The molecule has 3 aromatic rings. The maximum absolute atomic E-state index is 12.4. The van der Waals surface area contributed by atoms with E-state index in [1.165, 1.54) is 5.56 Å². The van der Waals surface area contributed by atoms with E-state index >= 15 is 0 Å². The van der Waals surface area contributed by atoms with Crippen LogP contribution in [0.15, 0.2) is 67.0 Å². The summed E-state index contributed by atoms with van der Waals surface area (Å²) in [6.07, 6.45) is 4.89. The Morgan fingerprint density at radius 1 is 1.04 bits per heavy atom. The summed E-state index contributed by atoms with van der Waals surface area (Å²) in [5.74, 6) is 1.59. The van der Waals surface area contributed by atoms with Crippen molar-refractivity contribution in [1.82, 2.24) is 15.3 Å². The second-order valence-electron chi connectivity index (χ2n) is 6.81. The normalized spacial score (nSPS) is 15.6. The van der Waals surface area contributed by atoms with Gasteiger partial charge in [0.05, 0.1) is 12.2 Å². The van der Waals surface area contributed by atoms with Crippen molar-refractivity contribution in [2.75, 3.05) is 18.5 Å². The fourth-order valence-corrected chi connectivity index (χ4v) is 3.24. The Morgan fingerprint density at radius 3 is 2.61 bits per heavy atom. The van der Waals surface area contributed by atoms with Crippen molar-refractivity contribution in [2.24, 2.45) is 5.92 Å². The zero-order valence-corrected chi connectivity index (χ0v) is 15.5. The van der Waals surface area contributed by atoms with E-state index in [-0.39, 0.29) is 5.91 Å². The van der Waals surface area contributed by atoms with Crippen molar-refractivity contribution in [1.29, 1.82) is 0 Å². The molecule has 1 atom stereocenters. The molecule has 6 heteroatoms. The first kappa shape index (κ1) is 18.0. The largest absolute Gasteiger partial charge is 0.493 e. The van der Waals surface area contributed by atoms with Gasteiger partial charge in [-0.3, -0.25) is 4.79 Å². The number of fused-ring (bicyclic) bond motifs is 1. The van der Waals surface area contributed by atoms with Gasteiger partial charge in [-0.1, -0.05) is 36.4 Å². The molecular weight excluding hydrogens is 352 g/mol. The summed E-state index contributed by atoms with van der Waals surface area (Å²) in [7, 11) is 0. The molecule has 0 fully saturated rings. The van der Waals surface area contributed by atoms with Gasteiger partial charge in [0.15, 0.2) is 0 Å². The Hall–Kier alpha value is -3.41. The highest BCUT2D eigenvalue weighted by molar-refractivity contribution is 5.93. The summed E-state index contributed by atoms with van der Waals surface area (Å²) in [4.78, 5) is 20.9. The molecule has 2 aromatic carbocycles. The number of aromatic nitrogens is 2. The second kappa shape index (κ2) is 8.52. The molecular formula is C22H22N4O2. The average molecular weight is 374 g/mol. The maximum atomic E-state index is 12.4. The molecule has 0 aliphatic carbocycles. The van der Waals surface area contributed by atoms with Crippen molar-refractivity contribution < 1.29 is 9.53 Å². The minimum Gasteiger partial charge on any atom is -0.493 e. The molecule has 0 radical (unpaired) electrons. The van der Waals surface area contributed by atoms with Gasteiger partial charge in [-0.05, 0) is 42.5 Å². The number of benzene rings is 2. The number of hydrogen-bond donors (Lipinski definition) is 2. The highest BCUT2D eigenvalue weighted by Crippen LogP contribution is 2.26. The van der Waals surface area contributed by atoms with Crippen LogP contribution in [0.1, 0.15) is 22.3 Å². The highest BCUT2D eigenvalue weighted by Gasteiger charge is 2.18. The lowest BCUT2D eigenvalue weighted by atomic mass is 9.97. The molecule has 142 valence electrons. The summed E-state index contributed by atoms with van der Waals surface area (Å²) in [5.41, 5.74) is 2.54. The van der Waals surface area contributed by atoms with Crippen molar-refractivity contribution in [3.05, 3.63) is 78.1 Å². The smallest absolute Gasteiger partial charge is 0.254 e. The lowest BCUT2D eigenvalue weighted by molar-refractivity contribution is 0.0944. The molecule has 28 heavy (non-hydrogen) atoms. The molecule has 2 heterocycles. The molecule has 0 saturated heterocycles. The molecule has 1 amide bonds. The number of para-hydroxylation sites is 2. The monoisotopic (exact) mass is 374 g/mol. The zero-order valence-electron chi connectivity index (χ0n) is 15.5. The van der Waals surface area contributed by atoms with Crippen LogP contribution in [0.3, 0.4) is 0 Å². The summed E-state index contributed by atoms with van der Waals surface area (Å²) in [5, 5.41) is 6.10. The molecule has 2 N–H and O–H groups in total. The third kappa shape index (κ3) is 4.46. The number of ether oxygens (including phenoxy) is 1. The fraction of sp³-hybridized carbons (Fsp3) is 0.227. The van der Waals surface area contributed by atoms with Crippen molar-refractivity contribution >= 4 is 17.5 Å². The molecule has 1 aliphatic rings. The first-order chi connectivity index (χ1) is 13.8. The number of amides is 1. The third-order valence-electron chi connectivity index (χ3n) is 4.76. The van der Waals surface area contributed by atoms with E-state index in [0.29, 0.717) is 30.6 Å². The van der Waals surface area contributed by atoms with E-state index in [9.17, 15) is 4.79 Å². The Kier molecular flexibility index (Phi) is 5.47. The highest BCUT2D eigenvalue weighted by atomic mass is 16.5. The van der Waals surface area contributed by atoms with Crippen molar-refractivity contribution in [2.45, 2.75) is 12.8 Å². The standard InChI is InChI=1S/C22H22N4O2/c27-21(18-14-24-22(25-15-18)26-19-7-2-1-3-8-19)23-13-16-10-11-28-20-9-5-4-6-17(20)12-16/h1-9,14-16H,10-13H2,(H,23,27)(H,24,25,26). The predicted molar refractivity (Wildman–Crippen MR) is 108 cm³/mol. The van der Waals surface area contributed by atoms with Gasteiger partial charge in [0.2, 0.25) is 5.95 Å². The molecule has 1 aliphatic heterocycles. The number of hydrogen-bond acceptors (Lipinski definition) is 5. The van der Waals surface area contributed by atoms with Gasteiger partial charge in [0, 0.05) is 24.6 Å². The summed E-state index contributed by atoms with van der Waals surface area (Å²) in [6.45, 7) is 1.26. The average Bonchev–Trinajstić information content (AvgIpc) is 2.95. The number of nitrogens with zero attached hydrogens (tertiary/aromatic N) is 2. The van der Waals surface area contributed by atoms with E-state index in [1.807, 2.05) is 48.5 Å².